The van der Waals surface area contributed by atoms with Gasteiger partial charge in [-0.2, -0.15) is 0 Å². The van der Waals surface area contributed by atoms with Crippen molar-refractivity contribution >= 4 is 39.5 Å². The van der Waals surface area contributed by atoms with Gasteiger partial charge >= 0.3 is 39.5 Å². The summed E-state index contributed by atoms with van der Waals surface area (Å²) in [6, 6.07) is 0. The lowest BCUT2D eigenvalue weighted by Crippen LogP contribution is -2.30. The van der Waals surface area contributed by atoms with Crippen LogP contribution >= 0.6 is 15.6 Å². The Hall–Kier alpha value is -1.94. The fourth-order valence-corrected chi connectivity index (χ4v) is 14.5. The van der Waals surface area contributed by atoms with Gasteiger partial charge in [-0.05, 0) is 37.5 Å². The Labute approximate surface area is 626 Å². The van der Waals surface area contributed by atoms with Crippen molar-refractivity contribution in [3.8, 4) is 0 Å². The molecule has 0 aliphatic rings. The fraction of sp³-hybridized carbons (Fsp3) is 0.952. The van der Waals surface area contributed by atoms with Gasteiger partial charge in [0.15, 0.2) is 12.2 Å². The molecule has 0 fully saturated rings. The summed E-state index contributed by atoms with van der Waals surface area (Å²) in [5, 5.41) is 10.7. The molecule has 0 saturated carbocycles. The van der Waals surface area contributed by atoms with Crippen molar-refractivity contribution in [2.24, 2.45) is 11.8 Å². The molecule has 0 aromatic carbocycles. The number of carbonyl (C=O) groups is 4. The lowest BCUT2D eigenvalue weighted by molar-refractivity contribution is -0.161. The van der Waals surface area contributed by atoms with E-state index in [-0.39, 0.29) is 25.7 Å². The van der Waals surface area contributed by atoms with Crippen LogP contribution in [0.2, 0.25) is 0 Å². The van der Waals surface area contributed by atoms with E-state index in [0.29, 0.717) is 25.7 Å². The predicted molar refractivity (Wildman–Crippen MR) is 418 cm³/mol. The van der Waals surface area contributed by atoms with Crippen molar-refractivity contribution in [3.05, 3.63) is 0 Å². The average molecular weight is 1490 g/mol. The zero-order valence-electron chi connectivity index (χ0n) is 66.9. The first-order valence-corrected chi connectivity index (χ1v) is 46.0. The molecule has 5 atom stereocenters. The van der Waals surface area contributed by atoms with Crippen LogP contribution in [0.15, 0.2) is 0 Å². The second-order valence-electron chi connectivity index (χ2n) is 30.8. The zero-order chi connectivity index (χ0) is 74.9. The van der Waals surface area contributed by atoms with Gasteiger partial charge in [-0.15, -0.1) is 0 Å². The number of rotatable bonds is 82. The number of aliphatic hydroxyl groups is 1. The van der Waals surface area contributed by atoms with Crippen molar-refractivity contribution in [1.82, 2.24) is 0 Å². The quantitative estimate of drug-likeness (QED) is 0.0222. The van der Waals surface area contributed by atoms with Gasteiger partial charge in [0.05, 0.1) is 26.4 Å². The monoisotopic (exact) mass is 1490 g/mol. The molecule has 0 aromatic rings. The van der Waals surface area contributed by atoms with E-state index >= 15 is 0 Å². The number of hydrogen-bond donors (Lipinski definition) is 3. The van der Waals surface area contributed by atoms with Gasteiger partial charge in [0, 0.05) is 25.7 Å². The fourth-order valence-electron chi connectivity index (χ4n) is 12.9. The number of phosphoric ester groups is 2. The maximum atomic E-state index is 13.1. The number of hydrogen-bond acceptors (Lipinski definition) is 15. The van der Waals surface area contributed by atoms with E-state index in [2.05, 4.69) is 41.5 Å². The third kappa shape index (κ3) is 76.3. The lowest BCUT2D eigenvalue weighted by Gasteiger charge is -2.21. The van der Waals surface area contributed by atoms with Crippen LogP contribution in [0.3, 0.4) is 0 Å². The molecule has 0 rings (SSSR count). The zero-order valence-corrected chi connectivity index (χ0v) is 68.7. The summed E-state index contributed by atoms with van der Waals surface area (Å²) in [6.07, 6.45) is 65.2. The molecule has 2 unspecified atom stereocenters. The van der Waals surface area contributed by atoms with E-state index in [1.165, 1.54) is 257 Å². The average Bonchev–Trinajstić information content (AvgIpc) is 0.944. The van der Waals surface area contributed by atoms with Crippen LogP contribution in [-0.2, 0) is 65.4 Å². The van der Waals surface area contributed by atoms with Crippen LogP contribution in [0.5, 0.6) is 0 Å². The normalized spacial score (nSPS) is 13.9. The van der Waals surface area contributed by atoms with Crippen LogP contribution in [0.1, 0.15) is 440 Å². The Morgan fingerprint density at radius 3 is 0.667 bits per heavy atom. The SMILES string of the molecule is CCCCCCCCCCCCCCCCCCCCCC(=O)O[C@H](COC(=O)CCCCCCCCCCCCCCCCCC(C)C)COP(=O)(O)OC[C@@H](O)COP(=O)(O)OC[C@@H](COC(=O)CCCCCCCCCCC(C)C)OC(=O)CCCCCCCCCCCCCCCC. The molecule has 0 aliphatic heterocycles. The molecule has 17 nitrogen and oxygen atoms in total. The van der Waals surface area contributed by atoms with E-state index in [9.17, 15) is 43.2 Å². The molecule has 0 spiro atoms. The summed E-state index contributed by atoms with van der Waals surface area (Å²) in [7, 11) is -9.92. The summed E-state index contributed by atoms with van der Waals surface area (Å²) < 4.78 is 68.8. The summed E-state index contributed by atoms with van der Waals surface area (Å²) in [6.45, 7) is 9.65. The number of aliphatic hydroxyl groups excluding tert-OH is 1. The second kappa shape index (κ2) is 74.5. The van der Waals surface area contributed by atoms with E-state index in [1.54, 1.807) is 0 Å². The number of unbranched alkanes of at least 4 members (excludes halogenated alkanes) is 52. The van der Waals surface area contributed by atoms with Gasteiger partial charge in [0.2, 0.25) is 0 Å². The van der Waals surface area contributed by atoms with Crippen LogP contribution in [0.25, 0.3) is 0 Å². The molecule has 3 N–H and O–H groups in total. The molecular weight excluding hydrogens is 1330 g/mol. The minimum absolute atomic E-state index is 0.108. The van der Waals surface area contributed by atoms with Crippen LogP contribution in [0.4, 0.5) is 0 Å². The molecule has 0 amide bonds. The van der Waals surface area contributed by atoms with Gasteiger partial charge in [-0.25, -0.2) is 9.13 Å². The largest absolute Gasteiger partial charge is 0.472 e. The van der Waals surface area contributed by atoms with Gasteiger partial charge < -0.3 is 33.8 Å². The minimum atomic E-state index is -4.96. The van der Waals surface area contributed by atoms with Crippen LogP contribution in [-0.4, -0.2) is 96.7 Å². The maximum Gasteiger partial charge on any atom is 0.472 e. The first-order chi connectivity index (χ1) is 49.4. The maximum absolute atomic E-state index is 13.1. The third-order valence-electron chi connectivity index (χ3n) is 19.5. The summed E-state index contributed by atoms with van der Waals surface area (Å²) >= 11 is 0. The van der Waals surface area contributed by atoms with E-state index in [0.717, 1.165) is 102 Å². The summed E-state index contributed by atoms with van der Waals surface area (Å²) in [4.78, 5) is 73.1. The smallest absolute Gasteiger partial charge is 0.462 e. The highest BCUT2D eigenvalue weighted by atomic mass is 31.2. The third-order valence-corrected chi connectivity index (χ3v) is 21.4. The van der Waals surface area contributed by atoms with E-state index in [4.69, 9.17) is 37.0 Å². The Kier molecular flexibility index (Phi) is 73.1. The van der Waals surface area contributed by atoms with Gasteiger partial charge in [0.25, 0.3) is 0 Å². The Bertz CT molecular complexity index is 1960. The number of esters is 4. The molecule has 606 valence electrons. The molecule has 0 bridgehead atoms. The van der Waals surface area contributed by atoms with Crippen LogP contribution in [0, 0.1) is 11.8 Å². The molecule has 102 heavy (non-hydrogen) atoms. The molecular formula is C83H162O17P2. The van der Waals surface area contributed by atoms with Gasteiger partial charge in [0.1, 0.15) is 19.3 Å². The van der Waals surface area contributed by atoms with Crippen molar-refractivity contribution in [1.29, 1.82) is 0 Å². The van der Waals surface area contributed by atoms with Gasteiger partial charge in [-0.3, -0.25) is 37.3 Å². The van der Waals surface area contributed by atoms with E-state index in [1.807, 2.05) is 0 Å². The van der Waals surface area contributed by atoms with E-state index < -0.39 is 97.5 Å². The first kappa shape index (κ1) is 100. The lowest BCUT2D eigenvalue weighted by atomic mass is 10.0. The highest BCUT2D eigenvalue weighted by molar-refractivity contribution is 7.47. The van der Waals surface area contributed by atoms with Crippen molar-refractivity contribution in [2.45, 2.75) is 458 Å². The molecule has 19 heteroatoms. The Balaban J connectivity index is 5.24. The summed E-state index contributed by atoms with van der Waals surface area (Å²) in [5.41, 5.74) is 0. The first-order valence-electron chi connectivity index (χ1n) is 43.0. The van der Waals surface area contributed by atoms with Crippen molar-refractivity contribution in [3.63, 3.8) is 0 Å². The number of carbonyl (C=O) groups excluding carboxylic acids is 4. The number of phosphoric acid groups is 2. The van der Waals surface area contributed by atoms with Crippen molar-refractivity contribution in [2.75, 3.05) is 39.6 Å². The Morgan fingerprint density at radius 1 is 0.265 bits per heavy atom. The standard InChI is InChI=1S/C83H162O17P2/c1-7-9-11-13-15-17-19-21-23-24-25-26-29-34-38-42-50-56-62-68-83(88)99-78(71-93-80(85)65-59-53-47-40-36-33-30-27-28-31-35-39-45-51-57-63-75(3)4)73-97-101(89,90)95-69-77(84)70-96-102(91,92)98-74-79(72-94-81(86)66-60-54-48-44-43-46-52-58-64-76(5)6)100-82(87)67-61-55-49-41-37-32-22-20-18-16-14-12-10-8-2/h75-79,84H,7-74H2,1-6H3,(H,89,90)(H,91,92)/t77-,78-,79-/m1/s1. The molecule has 0 heterocycles. The molecule has 0 radical (unpaired) electrons. The topological polar surface area (TPSA) is 237 Å². The predicted octanol–water partition coefficient (Wildman–Crippen LogP) is 25.1. The summed E-state index contributed by atoms with van der Waals surface area (Å²) in [5.74, 6) is -0.572. The highest BCUT2D eigenvalue weighted by Crippen LogP contribution is 2.45. The number of ether oxygens (including phenoxy) is 4. The highest BCUT2D eigenvalue weighted by Gasteiger charge is 2.30. The second-order valence-corrected chi connectivity index (χ2v) is 33.7. The van der Waals surface area contributed by atoms with Crippen LogP contribution < -0.4 is 0 Å². The van der Waals surface area contributed by atoms with Crippen molar-refractivity contribution < 1.29 is 80.2 Å². The molecule has 0 aliphatic carbocycles. The Morgan fingerprint density at radius 2 is 0.451 bits per heavy atom. The van der Waals surface area contributed by atoms with Gasteiger partial charge in [-0.1, -0.05) is 388 Å². The minimum Gasteiger partial charge on any atom is -0.462 e. The molecule has 0 aromatic heterocycles. The molecule has 0 saturated heterocycles.